The van der Waals surface area contributed by atoms with Crippen molar-refractivity contribution in [1.82, 2.24) is 0 Å². The van der Waals surface area contributed by atoms with Gasteiger partial charge in [0.2, 0.25) is 0 Å². The van der Waals surface area contributed by atoms with Crippen LogP contribution in [-0.2, 0) is 9.59 Å². The van der Waals surface area contributed by atoms with Gasteiger partial charge in [-0.1, -0.05) is 11.6 Å². The number of rotatable bonds is 2. The molecule has 1 N–H and O–H groups in total. The highest BCUT2D eigenvalue weighted by atomic mass is 35.5. The lowest BCUT2D eigenvalue weighted by Gasteiger charge is -1.88. The predicted molar refractivity (Wildman–Crippen MR) is 32.3 cm³/mol. The molecule has 0 radical (unpaired) electrons. The van der Waals surface area contributed by atoms with Gasteiger partial charge < -0.3 is 5.11 Å². The first-order valence-corrected chi connectivity index (χ1v) is 2.52. The highest BCUT2D eigenvalue weighted by Gasteiger charge is 2.05. The minimum atomic E-state index is -1.28. The van der Waals surface area contributed by atoms with Crippen molar-refractivity contribution in [2.45, 2.75) is 6.92 Å². The first-order chi connectivity index (χ1) is 4.09. The third kappa shape index (κ3) is 2.28. The summed E-state index contributed by atoms with van der Waals surface area (Å²) in [6.45, 7) is 1.34. The maximum absolute atomic E-state index is 9.95. The van der Waals surface area contributed by atoms with Gasteiger partial charge in [-0.2, -0.15) is 0 Å². The molecular weight excluding hydrogens is 144 g/mol. The smallest absolute Gasteiger partial charge is 0.347 e. The molecule has 0 atom stereocenters. The van der Waals surface area contributed by atoms with Crippen molar-refractivity contribution in [3.63, 3.8) is 0 Å². The fourth-order valence-electron chi connectivity index (χ4n) is 0.220. The van der Waals surface area contributed by atoms with Crippen molar-refractivity contribution in [2.24, 2.45) is 0 Å². The molecule has 0 aliphatic heterocycles. The Kier molecular flexibility index (Phi) is 2.95. The van der Waals surface area contributed by atoms with Crippen molar-refractivity contribution < 1.29 is 14.7 Å². The average molecular weight is 149 g/mol. The molecule has 4 heteroatoms. The molecule has 0 saturated heterocycles. The summed E-state index contributed by atoms with van der Waals surface area (Å²) in [6.07, 6.45) is 0.399. The standard InChI is InChI=1S/C5H5ClO3/c1-3(2-7)4(6)5(8)9/h2H,1H3,(H,8,9)/b4-3-. The molecule has 0 bridgehead atoms. The third-order valence-electron chi connectivity index (χ3n) is 0.711. The van der Waals surface area contributed by atoms with E-state index >= 15 is 0 Å². The Morgan fingerprint density at radius 1 is 1.67 bits per heavy atom. The summed E-state index contributed by atoms with van der Waals surface area (Å²) >= 11 is 5.12. The molecule has 0 heterocycles. The fourth-order valence-corrected chi connectivity index (χ4v) is 0.265. The van der Waals surface area contributed by atoms with Crippen LogP contribution in [0.25, 0.3) is 0 Å². The highest BCUT2D eigenvalue weighted by Crippen LogP contribution is 2.05. The van der Waals surface area contributed by atoms with E-state index in [-0.39, 0.29) is 5.57 Å². The molecule has 0 amide bonds. The average Bonchev–Trinajstić information content (AvgIpc) is 1.84. The van der Waals surface area contributed by atoms with E-state index in [0.29, 0.717) is 6.29 Å². The topological polar surface area (TPSA) is 54.4 Å². The molecule has 0 fully saturated rings. The van der Waals surface area contributed by atoms with E-state index in [1.165, 1.54) is 6.92 Å². The second kappa shape index (κ2) is 3.25. The molecule has 50 valence electrons. The van der Waals surface area contributed by atoms with Crippen molar-refractivity contribution in [2.75, 3.05) is 0 Å². The molecule has 0 unspecified atom stereocenters. The van der Waals surface area contributed by atoms with Crippen LogP contribution in [0.3, 0.4) is 0 Å². The summed E-state index contributed by atoms with van der Waals surface area (Å²) in [5.74, 6) is -1.28. The van der Waals surface area contributed by atoms with Crippen LogP contribution in [0.1, 0.15) is 6.92 Å². The van der Waals surface area contributed by atoms with Gasteiger partial charge in [0.25, 0.3) is 0 Å². The van der Waals surface area contributed by atoms with Crippen LogP contribution in [0.15, 0.2) is 10.6 Å². The van der Waals surface area contributed by atoms with E-state index in [1.807, 2.05) is 0 Å². The lowest BCUT2D eigenvalue weighted by molar-refractivity contribution is -0.132. The molecule has 0 aromatic heterocycles. The second-order valence-corrected chi connectivity index (χ2v) is 1.80. The molecule has 0 saturated carbocycles. The van der Waals surface area contributed by atoms with Crippen molar-refractivity contribution in [3.05, 3.63) is 10.6 Å². The molecule has 9 heavy (non-hydrogen) atoms. The van der Waals surface area contributed by atoms with E-state index in [4.69, 9.17) is 16.7 Å². The van der Waals surface area contributed by atoms with Gasteiger partial charge in [-0.3, -0.25) is 4.79 Å². The van der Waals surface area contributed by atoms with E-state index in [1.54, 1.807) is 0 Å². The Balaban J connectivity index is 4.47. The fraction of sp³-hybridized carbons (Fsp3) is 0.200. The molecule has 0 aromatic carbocycles. The Morgan fingerprint density at radius 2 is 2.11 bits per heavy atom. The number of halogens is 1. The maximum atomic E-state index is 9.95. The van der Waals surface area contributed by atoms with E-state index < -0.39 is 11.0 Å². The number of hydrogen-bond donors (Lipinski definition) is 1. The molecule has 0 aromatic rings. The first kappa shape index (κ1) is 8.17. The van der Waals surface area contributed by atoms with Crippen LogP contribution in [0, 0.1) is 0 Å². The van der Waals surface area contributed by atoms with E-state index in [2.05, 4.69) is 0 Å². The van der Waals surface area contributed by atoms with Crippen LogP contribution in [-0.4, -0.2) is 17.4 Å². The van der Waals surface area contributed by atoms with E-state index in [0.717, 1.165) is 0 Å². The summed E-state index contributed by atoms with van der Waals surface area (Å²) in [5, 5.41) is 7.71. The van der Waals surface area contributed by atoms with Crippen molar-refractivity contribution in [3.8, 4) is 0 Å². The van der Waals surface area contributed by atoms with Gasteiger partial charge in [0.05, 0.1) is 0 Å². The SMILES string of the molecule is C/C(C=O)=C(/Cl)C(=O)O. The Bertz CT molecular complexity index is 171. The number of carbonyl (C=O) groups excluding carboxylic acids is 1. The Labute approximate surface area is 56.9 Å². The number of carboxylic acid groups (broad SMARTS) is 1. The molecule has 0 aliphatic carbocycles. The minimum absolute atomic E-state index is 0.0316. The monoisotopic (exact) mass is 148 g/mol. The summed E-state index contributed by atoms with van der Waals surface area (Å²) < 4.78 is 0. The van der Waals surface area contributed by atoms with Crippen molar-refractivity contribution >= 4 is 23.9 Å². The second-order valence-electron chi connectivity index (χ2n) is 1.42. The quantitative estimate of drug-likeness (QED) is 0.465. The lowest BCUT2D eigenvalue weighted by Crippen LogP contribution is -1.97. The molecule has 0 aliphatic rings. The molecule has 0 rings (SSSR count). The summed E-state index contributed by atoms with van der Waals surface area (Å²) in [5.41, 5.74) is 0.0316. The largest absolute Gasteiger partial charge is 0.477 e. The number of aliphatic carboxylic acids is 1. The van der Waals surface area contributed by atoms with Crippen LogP contribution in [0.2, 0.25) is 0 Å². The zero-order chi connectivity index (χ0) is 7.44. The minimum Gasteiger partial charge on any atom is -0.477 e. The lowest BCUT2D eigenvalue weighted by atomic mass is 10.3. The van der Waals surface area contributed by atoms with E-state index in [9.17, 15) is 9.59 Å². The van der Waals surface area contributed by atoms with Gasteiger partial charge in [0.1, 0.15) is 11.3 Å². The molecular formula is C5H5ClO3. The van der Waals surface area contributed by atoms with Gasteiger partial charge in [0, 0.05) is 5.57 Å². The molecule has 0 spiro atoms. The van der Waals surface area contributed by atoms with Crippen molar-refractivity contribution in [1.29, 1.82) is 0 Å². The molecule has 3 nitrogen and oxygen atoms in total. The maximum Gasteiger partial charge on any atom is 0.347 e. The Morgan fingerprint density at radius 3 is 2.22 bits per heavy atom. The van der Waals surface area contributed by atoms with Gasteiger partial charge in [-0.15, -0.1) is 0 Å². The number of allylic oxidation sites excluding steroid dienone is 1. The third-order valence-corrected chi connectivity index (χ3v) is 1.17. The zero-order valence-corrected chi connectivity index (χ0v) is 5.47. The number of hydrogen-bond acceptors (Lipinski definition) is 2. The van der Waals surface area contributed by atoms with Crippen LogP contribution in [0.4, 0.5) is 0 Å². The van der Waals surface area contributed by atoms with Crippen LogP contribution in [0.5, 0.6) is 0 Å². The van der Waals surface area contributed by atoms with Gasteiger partial charge in [0.15, 0.2) is 0 Å². The van der Waals surface area contributed by atoms with Gasteiger partial charge in [-0.25, -0.2) is 4.79 Å². The summed E-state index contributed by atoms with van der Waals surface area (Å²) in [7, 11) is 0. The van der Waals surface area contributed by atoms with Crippen LogP contribution >= 0.6 is 11.6 Å². The predicted octanol–water partition coefficient (Wildman–Crippen LogP) is 0.783. The highest BCUT2D eigenvalue weighted by molar-refractivity contribution is 6.42. The van der Waals surface area contributed by atoms with Gasteiger partial charge in [-0.05, 0) is 6.92 Å². The Hall–Kier alpha value is -0.830. The summed E-state index contributed by atoms with van der Waals surface area (Å²) in [6, 6.07) is 0. The van der Waals surface area contributed by atoms with Crippen LogP contribution < -0.4 is 0 Å². The normalized spacial score (nSPS) is 12.2. The zero-order valence-electron chi connectivity index (χ0n) is 4.72. The van der Waals surface area contributed by atoms with Gasteiger partial charge >= 0.3 is 5.97 Å². The summed E-state index contributed by atoms with van der Waals surface area (Å²) in [4.78, 5) is 19.8. The number of carbonyl (C=O) groups is 2. The first-order valence-electron chi connectivity index (χ1n) is 2.14. The number of aldehydes is 1. The number of carboxylic acids is 1.